The molecule has 0 amide bonds. The lowest BCUT2D eigenvalue weighted by Crippen LogP contribution is -2.36. The third-order valence-electron chi connectivity index (χ3n) is 3.19. The minimum atomic E-state index is -0.697. The van der Waals surface area contributed by atoms with Gasteiger partial charge in [0.2, 0.25) is 0 Å². The molecule has 1 aliphatic rings. The molecule has 4 heteroatoms. The molecule has 0 saturated carbocycles. The van der Waals surface area contributed by atoms with Gasteiger partial charge in [0, 0.05) is 25.6 Å². The number of carbonyl (C=O) groups is 1. The molecule has 0 radical (unpaired) electrons. The Hall–Kier alpha value is -0.610. The summed E-state index contributed by atoms with van der Waals surface area (Å²) in [4.78, 5) is 13.5. The van der Waals surface area contributed by atoms with Crippen LogP contribution in [0, 0.1) is 0 Å². The summed E-state index contributed by atoms with van der Waals surface area (Å²) in [5.41, 5.74) is -0.697. The summed E-state index contributed by atoms with van der Waals surface area (Å²) in [7, 11) is 0. The van der Waals surface area contributed by atoms with E-state index >= 15 is 0 Å². The fourth-order valence-corrected chi connectivity index (χ4v) is 2.10. The Kier molecular flexibility index (Phi) is 4.74. The first-order chi connectivity index (χ1) is 7.47. The average molecular weight is 229 g/mol. The van der Waals surface area contributed by atoms with Gasteiger partial charge in [0.05, 0.1) is 12.2 Å². The topological polar surface area (TPSA) is 49.8 Å². The molecule has 1 atom stereocenters. The molecule has 1 fully saturated rings. The second-order valence-corrected chi connectivity index (χ2v) is 4.84. The smallest absolute Gasteiger partial charge is 0.305 e. The zero-order chi connectivity index (χ0) is 12.2. The summed E-state index contributed by atoms with van der Waals surface area (Å²) in [5, 5.41) is 10.3. The molecule has 0 spiro atoms. The molecule has 1 unspecified atom stereocenters. The molecule has 16 heavy (non-hydrogen) atoms. The van der Waals surface area contributed by atoms with Crippen LogP contribution in [0.2, 0.25) is 0 Å². The first-order valence-corrected chi connectivity index (χ1v) is 6.09. The molecule has 0 bridgehead atoms. The number of hydrogen-bond donors (Lipinski definition) is 1. The molecule has 0 aromatic heterocycles. The van der Waals surface area contributed by atoms with Crippen LogP contribution in [-0.4, -0.2) is 47.3 Å². The van der Waals surface area contributed by atoms with Gasteiger partial charge in [-0.05, 0) is 33.6 Å². The number of ether oxygens (including phenoxy) is 1. The predicted octanol–water partition coefficient (Wildman–Crippen LogP) is 1.17. The highest BCUT2D eigenvalue weighted by atomic mass is 16.5. The van der Waals surface area contributed by atoms with Gasteiger partial charge in [0.25, 0.3) is 0 Å². The number of β-amino-alcohol motifs (C(OH)–C–C–N with tert-alkyl or cyclic N) is 1. The van der Waals surface area contributed by atoms with E-state index in [0.29, 0.717) is 32.0 Å². The molecule has 0 aromatic rings. The van der Waals surface area contributed by atoms with Gasteiger partial charge in [-0.2, -0.15) is 0 Å². The van der Waals surface area contributed by atoms with Gasteiger partial charge in [-0.1, -0.05) is 0 Å². The molecule has 1 saturated heterocycles. The minimum absolute atomic E-state index is 0.209. The van der Waals surface area contributed by atoms with Gasteiger partial charge in [-0.15, -0.1) is 0 Å². The molecule has 4 nitrogen and oxygen atoms in total. The number of nitrogens with zero attached hydrogens (tertiary/aromatic N) is 1. The maximum Gasteiger partial charge on any atom is 0.305 e. The third kappa shape index (κ3) is 3.76. The van der Waals surface area contributed by atoms with Crippen LogP contribution in [0.3, 0.4) is 0 Å². The Morgan fingerprint density at radius 2 is 2.25 bits per heavy atom. The standard InChI is InChI=1S/C12H23NO3/c1-4-16-11(14)5-6-12(15)7-8-13(9-12)10(2)3/h10,15H,4-9H2,1-3H3. The van der Waals surface area contributed by atoms with Crippen LogP contribution in [-0.2, 0) is 9.53 Å². The van der Waals surface area contributed by atoms with E-state index in [1.807, 2.05) is 0 Å². The van der Waals surface area contributed by atoms with E-state index in [1.165, 1.54) is 0 Å². The van der Waals surface area contributed by atoms with Crippen molar-refractivity contribution in [1.82, 2.24) is 4.90 Å². The second-order valence-electron chi connectivity index (χ2n) is 4.84. The molecular weight excluding hydrogens is 206 g/mol. The zero-order valence-electron chi connectivity index (χ0n) is 10.5. The van der Waals surface area contributed by atoms with Crippen LogP contribution in [0.4, 0.5) is 0 Å². The van der Waals surface area contributed by atoms with E-state index in [1.54, 1.807) is 6.92 Å². The fraction of sp³-hybridized carbons (Fsp3) is 0.917. The summed E-state index contributed by atoms with van der Waals surface area (Å²) in [6.07, 6.45) is 1.58. The van der Waals surface area contributed by atoms with Gasteiger partial charge in [-0.3, -0.25) is 9.69 Å². The number of esters is 1. The highest BCUT2D eigenvalue weighted by molar-refractivity contribution is 5.69. The maximum absolute atomic E-state index is 11.2. The van der Waals surface area contributed by atoms with E-state index in [2.05, 4.69) is 18.7 Å². The highest BCUT2D eigenvalue weighted by Crippen LogP contribution is 2.27. The van der Waals surface area contributed by atoms with E-state index in [0.717, 1.165) is 13.0 Å². The van der Waals surface area contributed by atoms with Gasteiger partial charge < -0.3 is 9.84 Å². The first-order valence-electron chi connectivity index (χ1n) is 6.09. The number of aliphatic hydroxyl groups is 1. The highest BCUT2D eigenvalue weighted by Gasteiger charge is 2.36. The van der Waals surface area contributed by atoms with Crippen molar-refractivity contribution in [2.24, 2.45) is 0 Å². The Balaban J connectivity index is 2.34. The van der Waals surface area contributed by atoms with Crippen molar-refractivity contribution in [3.05, 3.63) is 0 Å². The molecule has 1 heterocycles. The van der Waals surface area contributed by atoms with Crippen LogP contribution in [0.5, 0.6) is 0 Å². The molecular formula is C12H23NO3. The Labute approximate surface area is 97.6 Å². The van der Waals surface area contributed by atoms with Gasteiger partial charge >= 0.3 is 5.97 Å². The van der Waals surface area contributed by atoms with Crippen molar-refractivity contribution in [3.8, 4) is 0 Å². The summed E-state index contributed by atoms with van der Waals surface area (Å²) in [6, 6.07) is 0.455. The van der Waals surface area contributed by atoms with Crippen LogP contribution >= 0.6 is 0 Å². The first kappa shape index (κ1) is 13.5. The van der Waals surface area contributed by atoms with E-state index in [9.17, 15) is 9.90 Å². The molecule has 94 valence electrons. The van der Waals surface area contributed by atoms with Crippen molar-refractivity contribution in [2.45, 2.75) is 51.7 Å². The Bertz CT molecular complexity index is 242. The lowest BCUT2D eigenvalue weighted by Gasteiger charge is -2.25. The number of carbonyl (C=O) groups excluding carboxylic acids is 1. The van der Waals surface area contributed by atoms with Crippen molar-refractivity contribution in [1.29, 1.82) is 0 Å². The molecule has 0 aromatic carbocycles. The van der Waals surface area contributed by atoms with Crippen molar-refractivity contribution >= 4 is 5.97 Å². The quantitative estimate of drug-likeness (QED) is 0.719. The number of likely N-dealkylation sites (tertiary alicyclic amines) is 1. The van der Waals surface area contributed by atoms with Crippen LogP contribution < -0.4 is 0 Å². The van der Waals surface area contributed by atoms with Crippen molar-refractivity contribution in [2.75, 3.05) is 19.7 Å². The Morgan fingerprint density at radius 3 is 2.75 bits per heavy atom. The second kappa shape index (κ2) is 5.64. The third-order valence-corrected chi connectivity index (χ3v) is 3.19. The van der Waals surface area contributed by atoms with Gasteiger partial charge in [0.15, 0.2) is 0 Å². The van der Waals surface area contributed by atoms with E-state index in [-0.39, 0.29) is 5.97 Å². The van der Waals surface area contributed by atoms with Crippen LogP contribution in [0.25, 0.3) is 0 Å². The summed E-state index contributed by atoms with van der Waals surface area (Å²) in [6.45, 7) is 8.04. The SMILES string of the molecule is CCOC(=O)CCC1(O)CCN(C(C)C)C1. The van der Waals surface area contributed by atoms with E-state index < -0.39 is 5.60 Å². The Morgan fingerprint density at radius 1 is 1.56 bits per heavy atom. The molecule has 1 aliphatic heterocycles. The van der Waals surface area contributed by atoms with E-state index in [4.69, 9.17) is 4.74 Å². The summed E-state index contributed by atoms with van der Waals surface area (Å²) < 4.78 is 4.86. The zero-order valence-corrected chi connectivity index (χ0v) is 10.5. The van der Waals surface area contributed by atoms with Crippen LogP contribution in [0.15, 0.2) is 0 Å². The van der Waals surface area contributed by atoms with Crippen molar-refractivity contribution in [3.63, 3.8) is 0 Å². The van der Waals surface area contributed by atoms with Crippen LogP contribution in [0.1, 0.15) is 40.0 Å². The normalized spacial score (nSPS) is 26.3. The number of hydrogen-bond acceptors (Lipinski definition) is 4. The average Bonchev–Trinajstić information content (AvgIpc) is 2.60. The molecule has 1 rings (SSSR count). The summed E-state index contributed by atoms with van der Waals surface area (Å²) in [5.74, 6) is -0.209. The van der Waals surface area contributed by atoms with Gasteiger partial charge in [-0.25, -0.2) is 0 Å². The number of rotatable bonds is 5. The molecule has 0 aliphatic carbocycles. The summed E-state index contributed by atoms with van der Waals surface area (Å²) >= 11 is 0. The predicted molar refractivity (Wildman–Crippen MR) is 62.1 cm³/mol. The maximum atomic E-state index is 11.2. The minimum Gasteiger partial charge on any atom is -0.466 e. The lowest BCUT2D eigenvalue weighted by molar-refractivity contribution is -0.144. The van der Waals surface area contributed by atoms with Crippen molar-refractivity contribution < 1.29 is 14.6 Å². The fourth-order valence-electron chi connectivity index (χ4n) is 2.10. The largest absolute Gasteiger partial charge is 0.466 e. The molecule has 1 N–H and O–H groups in total. The van der Waals surface area contributed by atoms with Gasteiger partial charge in [0.1, 0.15) is 0 Å². The lowest BCUT2D eigenvalue weighted by atomic mass is 9.97. The monoisotopic (exact) mass is 229 g/mol.